The average Bonchev–Trinajstić information content (AvgIpc) is 2.29. The van der Waals surface area contributed by atoms with E-state index in [2.05, 4.69) is 10.0 Å². The van der Waals surface area contributed by atoms with Crippen LogP contribution in [0.25, 0.3) is 0 Å². The summed E-state index contributed by atoms with van der Waals surface area (Å²) < 4.78 is 14.4. The highest BCUT2D eigenvalue weighted by molar-refractivity contribution is 7.83. The van der Waals surface area contributed by atoms with Crippen LogP contribution in [0.4, 0.5) is 5.69 Å². The minimum absolute atomic E-state index is 0.737. The Bertz CT molecular complexity index is 314. The second-order valence-electron chi connectivity index (χ2n) is 2.59. The SMILES string of the molecule is O=S1NCCNc2ccccc21. The van der Waals surface area contributed by atoms with Gasteiger partial charge in [0.1, 0.15) is 11.0 Å². The molecule has 1 aromatic carbocycles. The quantitative estimate of drug-likeness (QED) is 0.621. The molecule has 0 aliphatic carbocycles. The monoisotopic (exact) mass is 182 g/mol. The largest absolute Gasteiger partial charge is 0.383 e. The number of hydrogen-bond donors (Lipinski definition) is 2. The molecular formula is C8H10N2OS. The van der Waals surface area contributed by atoms with Crippen molar-refractivity contribution in [2.24, 2.45) is 0 Å². The van der Waals surface area contributed by atoms with Gasteiger partial charge in [0.05, 0.1) is 10.6 Å². The number of anilines is 1. The van der Waals surface area contributed by atoms with E-state index in [1.54, 1.807) is 0 Å². The minimum atomic E-state index is -1.05. The van der Waals surface area contributed by atoms with Gasteiger partial charge in [-0.25, -0.2) is 8.93 Å². The summed E-state index contributed by atoms with van der Waals surface area (Å²) in [5.41, 5.74) is 0.973. The Labute approximate surface area is 73.8 Å². The molecule has 0 spiro atoms. The van der Waals surface area contributed by atoms with E-state index >= 15 is 0 Å². The van der Waals surface area contributed by atoms with Gasteiger partial charge >= 0.3 is 0 Å². The van der Waals surface area contributed by atoms with Crippen molar-refractivity contribution in [1.82, 2.24) is 4.72 Å². The van der Waals surface area contributed by atoms with Gasteiger partial charge in [0, 0.05) is 13.1 Å². The highest BCUT2D eigenvalue weighted by atomic mass is 32.2. The molecule has 0 radical (unpaired) electrons. The van der Waals surface area contributed by atoms with E-state index < -0.39 is 11.0 Å². The fourth-order valence-corrected chi connectivity index (χ4v) is 2.18. The Kier molecular flexibility index (Phi) is 2.10. The van der Waals surface area contributed by atoms with Gasteiger partial charge in [-0.1, -0.05) is 12.1 Å². The van der Waals surface area contributed by atoms with Crippen LogP contribution in [0.5, 0.6) is 0 Å². The summed E-state index contributed by atoms with van der Waals surface area (Å²) in [4.78, 5) is 0.843. The van der Waals surface area contributed by atoms with E-state index in [0.29, 0.717) is 0 Å². The normalized spacial score (nSPS) is 22.2. The zero-order chi connectivity index (χ0) is 8.39. The van der Waals surface area contributed by atoms with Crippen LogP contribution in [0.2, 0.25) is 0 Å². The third-order valence-corrected chi connectivity index (χ3v) is 2.98. The fourth-order valence-electron chi connectivity index (χ4n) is 1.19. The lowest BCUT2D eigenvalue weighted by Gasteiger charge is -2.03. The maximum atomic E-state index is 11.5. The van der Waals surface area contributed by atoms with Crippen molar-refractivity contribution in [2.45, 2.75) is 4.90 Å². The molecule has 1 heterocycles. The maximum Gasteiger partial charge on any atom is 0.127 e. The zero-order valence-electron chi connectivity index (χ0n) is 6.54. The highest BCUT2D eigenvalue weighted by Gasteiger charge is 2.11. The predicted octanol–water partition coefficient (Wildman–Crippen LogP) is 0.724. The molecule has 4 heteroatoms. The summed E-state index contributed by atoms with van der Waals surface area (Å²) >= 11 is 0. The molecule has 64 valence electrons. The first-order valence-corrected chi connectivity index (χ1v) is 5.01. The van der Waals surface area contributed by atoms with E-state index in [1.807, 2.05) is 24.3 Å². The summed E-state index contributed by atoms with van der Waals surface area (Å²) in [6, 6.07) is 7.65. The Morgan fingerprint density at radius 2 is 2.08 bits per heavy atom. The van der Waals surface area contributed by atoms with E-state index in [1.165, 1.54) is 0 Å². The van der Waals surface area contributed by atoms with Crippen molar-refractivity contribution in [3.05, 3.63) is 24.3 Å². The van der Waals surface area contributed by atoms with Crippen molar-refractivity contribution >= 4 is 16.7 Å². The number of fused-ring (bicyclic) bond motifs is 1. The lowest BCUT2D eigenvalue weighted by Crippen LogP contribution is -2.19. The summed E-state index contributed by atoms with van der Waals surface area (Å²) in [5, 5.41) is 3.20. The van der Waals surface area contributed by atoms with E-state index in [9.17, 15) is 4.21 Å². The minimum Gasteiger partial charge on any atom is -0.383 e. The molecule has 0 fully saturated rings. The van der Waals surface area contributed by atoms with Crippen LogP contribution >= 0.6 is 0 Å². The van der Waals surface area contributed by atoms with Crippen LogP contribution in [0.3, 0.4) is 0 Å². The highest BCUT2D eigenvalue weighted by Crippen LogP contribution is 2.18. The van der Waals surface area contributed by atoms with Gasteiger partial charge in [-0.15, -0.1) is 0 Å². The molecule has 0 saturated heterocycles. The maximum absolute atomic E-state index is 11.5. The predicted molar refractivity (Wildman–Crippen MR) is 49.3 cm³/mol. The Morgan fingerprint density at radius 1 is 1.25 bits per heavy atom. The van der Waals surface area contributed by atoms with E-state index in [4.69, 9.17) is 0 Å². The second-order valence-corrected chi connectivity index (χ2v) is 3.85. The number of para-hydroxylation sites is 1. The molecule has 1 atom stereocenters. The fraction of sp³-hybridized carbons (Fsp3) is 0.250. The third kappa shape index (κ3) is 1.35. The van der Waals surface area contributed by atoms with Gasteiger partial charge < -0.3 is 5.32 Å². The van der Waals surface area contributed by atoms with Gasteiger partial charge in [-0.3, -0.25) is 0 Å². The van der Waals surface area contributed by atoms with Crippen molar-refractivity contribution < 1.29 is 4.21 Å². The molecule has 0 bridgehead atoms. The second kappa shape index (κ2) is 3.25. The molecule has 0 saturated carbocycles. The Balaban J connectivity index is 2.46. The van der Waals surface area contributed by atoms with Crippen LogP contribution in [0.15, 0.2) is 29.2 Å². The summed E-state index contributed by atoms with van der Waals surface area (Å²) in [5.74, 6) is 0. The summed E-state index contributed by atoms with van der Waals surface area (Å²) in [7, 11) is -1.05. The topological polar surface area (TPSA) is 41.1 Å². The van der Waals surface area contributed by atoms with E-state index in [0.717, 1.165) is 23.7 Å². The Morgan fingerprint density at radius 3 is 3.00 bits per heavy atom. The molecule has 2 N–H and O–H groups in total. The van der Waals surface area contributed by atoms with Crippen molar-refractivity contribution in [2.75, 3.05) is 18.4 Å². The summed E-state index contributed by atoms with van der Waals surface area (Å²) in [6.45, 7) is 1.56. The molecule has 1 aliphatic rings. The van der Waals surface area contributed by atoms with Crippen LogP contribution in [0, 0.1) is 0 Å². The van der Waals surface area contributed by atoms with Gasteiger partial charge in [0.15, 0.2) is 0 Å². The number of rotatable bonds is 0. The molecule has 1 aliphatic heterocycles. The Hall–Kier alpha value is -0.870. The van der Waals surface area contributed by atoms with Crippen LogP contribution in [-0.2, 0) is 11.0 Å². The zero-order valence-corrected chi connectivity index (χ0v) is 7.36. The molecular weight excluding hydrogens is 172 g/mol. The van der Waals surface area contributed by atoms with Crippen molar-refractivity contribution in [1.29, 1.82) is 0 Å². The summed E-state index contributed by atoms with van der Waals surface area (Å²) in [6.07, 6.45) is 0. The van der Waals surface area contributed by atoms with Gasteiger partial charge in [0.2, 0.25) is 0 Å². The first kappa shape index (κ1) is 7.76. The van der Waals surface area contributed by atoms with Crippen LogP contribution in [0.1, 0.15) is 0 Å². The smallest absolute Gasteiger partial charge is 0.127 e. The van der Waals surface area contributed by atoms with Crippen molar-refractivity contribution in [3.63, 3.8) is 0 Å². The lowest BCUT2D eigenvalue weighted by atomic mass is 10.3. The first-order valence-electron chi connectivity index (χ1n) is 3.86. The molecule has 2 rings (SSSR count). The molecule has 3 nitrogen and oxygen atoms in total. The molecule has 0 amide bonds. The molecule has 12 heavy (non-hydrogen) atoms. The number of nitrogens with one attached hydrogen (secondary N) is 2. The average molecular weight is 182 g/mol. The van der Waals surface area contributed by atoms with Gasteiger partial charge in [-0.2, -0.15) is 0 Å². The molecule has 1 unspecified atom stereocenters. The van der Waals surface area contributed by atoms with Crippen LogP contribution in [-0.4, -0.2) is 17.3 Å². The number of benzene rings is 1. The standard InChI is InChI=1S/C8H10N2OS/c11-12-8-4-2-1-3-7(8)9-5-6-10-12/h1-4,9-10H,5-6H2. The van der Waals surface area contributed by atoms with Crippen molar-refractivity contribution in [3.8, 4) is 0 Å². The number of hydrogen-bond acceptors (Lipinski definition) is 2. The van der Waals surface area contributed by atoms with E-state index in [-0.39, 0.29) is 0 Å². The lowest BCUT2D eigenvalue weighted by molar-refractivity contribution is 0.675. The van der Waals surface area contributed by atoms with Gasteiger partial charge in [0.25, 0.3) is 0 Å². The van der Waals surface area contributed by atoms with Gasteiger partial charge in [-0.05, 0) is 12.1 Å². The third-order valence-electron chi connectivity index (χ3n) is 1.76. The molecule has 0 aromatic heterocycles. The van der Waals surface area contributed by atoms with Crippen LogP contribution < -0.4 is 10.0 Å². The molecule has 1 aromatic rings. The first-order chi connectivity index (χ1) is 5.88.